The van der Waals surface area contributed by atoms with Crippen LogP contribution in [0.4, 0.5) is 0 Å². The molecule has 132 valence electrons. The van der Waals surface area contributed by atoms with Crippen LogP contribution in [0, 0.1) is 5.92 Å². The highest BCUT2D eigenvalue weighted by molar-refractivity contribution is 5.79. The third kappa shape index (κ3) is 3.64. The Morgan fingerprint density at radius 2 is 2.04 bits per heavy atom. The molecule has 1 N–H and O–H groups in total. The van der Waals surface area contributed by atoms with Gasteiger partial charge in [-0.15, -0.1) is 0 Å². The van der Waals surface area contributed by atoms with Gasteiger partial charge in [-0.1, -0.05) is 30.3 Å². The van der Waals surface area contributed by atoms with Gasteiger partial charge >= 0.3 is 0 Å². The molecule has 0 spiro atoms. The third-order valence-electron chi connectivity index (χ3n) is 4.74. The average Bonchev–Trinajstić information content (AvgIpc) is 3.17. The molecule has 3 aromatic rings. The first-order valence-corrected chi connectivity index (χ1v) is 8.95. The molecule has 1 aliphatic rings. The molecule has 0 aliphatic carbocycles. The van der Waals surface area contributed by atoms with E-state index in [4.69, 9.17) is 0 Å². The SMILES string of the molecule is O=C(NCCc1nccc(-c2ccccc2)n1)C1CCn2nccc2C1. The number of nitrogens with zero attached hydrogens (tertiary/aromatic N) is 4. The molecule has 0 saturated carbocycles. The second kappa shape index (κ2) is 7.47. The number of fused-ring (bicyclic) bond motifs is 1. The fraction of sp³-hybridized carbons (Fsp3) is 0.300. The minimum Gasteiger partial charge on any atom is -0.355 e. The Labute approximate surface area is 152 Å². The minimum atomic E-state index is 0.0239. The Morgan fingerprint density at radius 3 is 2.92 bits per heavy atom. The van der Waals surface area contributed by atoms with Crippen molar-refractivity contribution < 1.29 is 4.79 Å². The standard InChI is InChI=1S/C20H21N5O/c26-20(16-9-13-25-17(14-16)6-12-23-25)22-11-8-19-21-10-7-18(24-19)15-4-2-1-3-5-15/h1-7,10,12,16H,8-9,11,13-14H2,(H,22,26). The molecule has 0 fully saturated rings. The number of rotatable bonds is 5. The van der Waals surface area contributed by atoms with Crippen molar-refractivity contribution in [2.75, 3.05) is 6.54 Å². The summed E-state index contributed by atoms with van der Waals surface area (Å²) >= 11 is 0. The van der Waals surface area contributed by atoms with Crippen LogP contribution in [-0.4, -0.2) is 32.2 Å². The number of carbonyl (C=O) groups excluding carboxylic acids is 1. The predicted molar refractivity (Wildman–Crippen MR) is 98.2 cm³/mol. The monoisotopic (exact) mass is 347 g/mol. The van der Waals surface area contributed by atoms with E-state index in [2.05, 4.69) is 20.4 Å². The zero-order valence-corrected chi connectivity index (χ0v) is 14.5. The van der Waals surface area contributed by atoms with Gasteiger partial charge in [-0.05, 0) is 18.6 Å². The first-order valence-electron chi connectivity index (χ1n) is 8.95. The van der Waals surface area contributed by atoms with Crippen LogP contribution in [0.3, 0.4) is 0 Å². The molecule has 1 unspecified atom stereocenters. The summed E-state index contributed by atoms with van der Waals surface area (Å²) in [5.74, 6) is 0.876. The van der Waals surface area contributed by atoms with Gasteiger partial charge in [0, 0.05) is 55.5 Å². The van der Waals surface area contributed by atoms with Crippen molar-refractivity contribution in [3.63, 3.8) is 0 Å². The molecule has 1 aliphatic heterocycles. The minimum absolute atomic E-state index is 0.0239. The molecule has 26 heavy (non-hydrogen) atoms. The van der Waals surface area contributed by atoms with E-state index in [1.54, 1.807) is 12.4 Å². The van der Waals surface area contributed by atoms with Gasteiger partial charge in [-0.25, -0.2) is 9.97 Å². The van der Waals surface area contributed by atoms with Crippen LogP contribution < -0.4 is 5.32 Å². The van der Waals surface area contributed by atoms with Crippen molar-refractivity contribution in [1.82, 2.24) is 25.1 Å². The molecule has 1 atom stereocenters. The maximum Gasteiger partial charge on any atom is 0.223 e. The Hall–Kier alpha value is -3.02. The van der Waals surface area contributed by atoms with Crippen molar-refractivity contribution in [2.24, 2.45) is 5.92 Å². The quantitative estimate of drug-likeness (QED) is 0.768. The van der Waals surface area contributed by atoms with E-state index >= 15 is 0 Å². The fourth-order valence-corrected chi connectivity index (χ4v) is 3.32. The Balaban J connectivity index is 1.32. The number of amides is 1. The number of carbonyl (C=O) groups is 1. The lowest BCUT2D eigenvalue weighted by molar-refractivity contribution is -0.125. The van der Waals surface area contributed by atoms with Crippen LogP contribution in [0.2, 0.25) is 0 Å². The second-order valence-corrected chi connectivity index (χ2v) is 6.50. The third-order valence-corrected chi connectivity index (χ3v) is 4.74. The lowest BCUT2D eigenvalue weighted by Crippen LogP contribution is -2.36. The van der Waals surface area contributed by atoms with E-state index in [0.717, 1.165) is 42.2 Å². The molecule has 2 aromatic heterocycles. The molecule has 0 saturated heterocycles. The van der Waals surface area contributed by atoms with Crippen molar-refractivity contribution in [2.45, 2.75) is 25.8 Å². The van der Waals surface area contributed by atoms with Crippen LogP contribution in [0.5, 0.6) is 0 Å². The van der Waals surface area contributed by atoms with E-state index in [-0.39, 0.29) is 11.8 Å². The summed E-state index contributed by atoms with van der Waals surface area (Å²) in [7, 11) is 0. The van der Waals surface area contributed by atoms with Gasteiger partial charge in [0.05, 0.1) is 5.69 Å². The summed E-state index contributed by atoms with van der Waals surface area (Å²) in [6, 6.07) is 13.9. The molecule has 4 rings (SSSR count). The number of aromatic nitrogens is 4. The molecular formula is C20H21N5O. The highest BCUT2D eigenvalue weighted by Gasteiger charge is 2.24. The van der Waals surface area contributed by atoms with E-state index in [0.29, 0.717) is 13.0 Å². The lowest BCUT2D eigenvalue weighted by Gasteiger charge is -2.22. The number of benzene rings is 1. The number of hydrogen-bond acceptors (Lipinski definition) is 4. The first kappa shape index (κ1) is 16.4. The summed E-state index contributed by atoms with van der Waals surface area (Å²) in [6.07, 6.45) is 5.78. The van der Waals surface area contributed by atoms with Crippen LogP contribution >= 0.6 is 0 Å². The normalized spacial score (nSPS) is 16.1. The van der Waals surface area contributed by atoms with E-state index in [1.807, 2.05) is 47.1 Å². The van der Waals surface area contributed by atoms with E-state index < -0.39 is 0 Å². The second-order valence-electron chi connectivity index (χ2n) is 6.50. The van der Waals surface area contributed by atoms with Crippen molar-refractivity contribution in [3.05, 3.63) is 66.4 Å². The lowest BCUT2D eigenvalue weighted by atomic mass is 9.95. The van der Waals surface area contributed by atoms with E-state index in [9.17, 15) is 4.79 Å². The number of aryl methyl sites for hydroxylation is 1. The predicted octanol–water partition coefficient (Wildman–Crippen LogP) is 2.26. The molecule has 6 heteroatoms. The first-order chi connectivity index (χ1) is 12.8. The van der Waals surface area contributed by atoms with Crippen molar-refractivity contribution in [3.8, 4) is 11.3 Å². The fourth-order valence-electron chi connectivity index (χ4n) is 3.32. The van der Waals surface area contributed by atoms with Crippen LogP contribution in [0.15, 0.2) is 54.9 Å². The molecular weight excluding hydrogens is 326 g/mol. The van der Waals surface area contributed by atoms with Gasteiger partial charge in [0.25, 0.3) is 0 Å². The average molecular weight is 347 g/mol. The molecule has 0 radical (unpaired) electrons. The van der Waals surface area contributed by atoms with Gasteiger partial charge in [0.1, 0.15) is 5.82 Å². The summed E-state index contributed by atoms with van der Waals surface area (Å²) in [5, 5.41) is 7.29. The van der Waals surface area contributed by atoms with Crippen molar-refractivity contribution in [1.29, 1.82) is 0 Å². The van der Waals surface area contributed by atoms with Crippen molar-refractivity contribution >= 4 is 5.91 Å². The molecule has 1 amide bonds. The summed E-state index contributed by atoms with van der Waals surface area (Å²) < 4.78 is 1.98. The highest BCUT2D eigenvalue weighted by atomic mass is 16.1. The zero-order valence-electron chi connectivity index (χ0n) is 14.5. The Bertz CT molecular complexity index is 890. The molecule has 6 nitrogen and oxygen atoms in total. The topological polar surface area (TPSA) is 72.7 Å². The Kier molecular flexibility index (Phi) is 4.73. The molecule has 1 aromatic carbocycles. The number of hydrogen-bond donors (Lipinski definition) is 1. The highest BCUT2D eigenvalue weighted by Crippen LogP contribution is 2.19. The molecule has 3 heterocycles. The summed E-state index contributed by atoms with van der Waals surface area (Å²) in [6.45, 7) is 1.36. The maximum atomic E-state index is 12.4. The van der Waals surface area contributed by atoms with Gasteiger partial charge < -0.3 is 5.32 Å². The number of nitrogens with one attached hydrogen (secondary N) is 1. The molecule has 0 bridgehead atoms. The summed E-state index contributed by atoms with van der Waals surface area (Å²) in [4.78, 5) is 21.4. The van der Waals surface area contributed by atoms with Gasteiger partial charge in [-0.2, -0.15) is 5.10 Å². The van der Waals surface area contributed by atoms with Gasteiger partial charge in [-0.3, -0.25) is 9.48 Å². The van der Waals surface area contributed by atoms with E-state index in [1.165, 1.54) is 0 Å². The Morgan fingerprint density at radius 1 is 1.15 bits per heavy atom. The van der Waals surface area contributed by atoms with Crippen LogP contribution in [0.25, 0.3) is 11.3 Å². The van der Waals surface area contributed by atoms with Gasteiger partial charge in [0.15, 0.2) is 0 Å². The smallest absolute Gasteiger partial charge is 0.223 e. The summed E-state index contributed by atoms with van der Waals surface area (Å²) in [5.41, 5.74) is 3.11. The van der Waals surface area contributed by atoms with Crippen LogP contribution in [0.1, 0.15) is 17.9 Å². The zero-order chi connectivity index (χ0) is 17.8. The largest absolute Gasteiger partial charge is 0.355 e. The maximum absolute atomic E-state index is 12.4. The van der Waals surface area contributed by atoms with Crippen LogP contribution in [-0.2, 0) is 24.2 Å². The van der Waals surface area contributed by atoms with Gasteiger partial charge in [0.2, 0.25) is 5.91 Å².